The second kappa shape index (κ2) is 11.5. The van der Waals surface area contributed by atoms with E-state index in [4.69, 9.17) is 19.9 Å². The normalized spacial score (nSPS) is 14.4. The maximum Gasteiger partial charge on any atom is 0.408 e. The Morgan fingerprint density at radius 2 is 1.78 bits per heavy atom. The Kier molecular flexibility index (Phi) is 7.65. The van der Waals surface area contributed by atoms with E-state index in [9.17, 15) is 9.90 Å². The van der Waals surface area contributed by atoms with Gasteiger partial charge < -0.3 is 30.2 Å². The monoisotopic (exact) mass is 548 g/mol. The molecule has 0 bridgehead atoms. The van der Waals surface area contributed by atoms with Gasteiger partial charge in [0.15, 0.2) is 0 Å². The minimum absolute atomic E-state index is 0.151. The summed E-state index contributed by atoms with van der Waals surface area (Å²) in [6, 6.07) is 22.8. The van der Waals surface area contributed by atoms with Crippen LogP contribution in [0.2, 0.25) is 0 Å². The molecule has 4 N–H and O–H groups in total. The van der Waals surface area contributed by atoms with Crippen LogP contribution < -0.4 is 11.1 Å². The fourth-order valence-electron chi connectivity index (χ4n) is 4.65. The Labute approximate surface area is 238 Å². The van der Waals surface area contributed by atoms with Crippen LogP contribution in [-0.4, -0.2) is 35.5 Å². The van der Waals surface area contributed by atoms with Crippen LogP contribution >= 0.6 is 0 Å². The summed E-state index contributed by atoms with van der Waals surface area (Å²) >= 11 is 0. The number of nitrogens with two attached hydrogens (primary N) is 1. The molecule has 8 nitrogen and oxygen atoms in total. The lowest BCUT2D eigenvalue weighted by Gasteiger charge is -2.18. The number of furan rings is 1. The lowest BCUT2D eigenvalue weighted by atomic mass is 9.97. The summed E-state index contributed by atoms with van der Waals surface area (Å²) in [6.07, 6.45) is 6.14. The van der Waals surface area contributed by atoms with Crippen LogP contribution in [0.5, 0.6) is 5.95 Å². The largest absolute Gasteiger partial charge is 0.480 e. The smallest absolute Gasteiger partial charge is 0.408 e. The van der Waals surface area contributed by atoms with Crippen LogP contribution in [-0.2, 0) is 10.3 Å². The predicted molar refractivity (Wildman–Crippen MR) is 162 cm³/mol. The third-order valence-electron chi connectivity index (χ3n) is 7.02. The molecule has 1 aliphatic carbocycles. The third-order valence-corrected chi connectivity index (χ3v) is 7.02. The van der Waals surface area contributed by atoms with Crippen molar-refractivity contribution in [3.63, 3.8) is 0 Å². The second-order valence-electron chi connectivity index (χ2n) is 9.89. The molecule has 0 saturated heterocycles. The van der Waals surface area contributed by atoms with Gasteiger partial charge in [0.05, 0.1) is 28.2 Å². The van der Waals surface area contributed by atoms with Gasteiger partial charge in [-0.05, 0) is 48.4 Å². The quantitative estimate of drug-likeness (QED) is 0.153. The molecule has 0 spiro atoms. The number of hydrogen-bond donors (Lipinski definition) is 3. The molecule has 41 heavy (non-hydrogen) atoms. The number of carbonyl (C=O) groups is 1. The Morgan fingerprint density at radius 1 is 1.10 bits per heavy atom. The number of fused-ring (bicyclic) bond motifs is 1. The molecule has 3 aromatic carbocycles. The van der Waals surface area contributed by atoms with Crippen molar-refractivity contribution in [3.05, 3.63) is 127 Å². The molecule has 1 saturated carbocycles. The van der Waals surface area contributed by atoms with Gasteiger partial charge in [0.1, 0.15) is 12.2 Å². The first-order valence-electron chi connectivity index (χ1n) is 13.2. The van der Waals surface area contributed by atoms with E-state index >= 15 is 0 Å². The van der Waals surface area contributed by atoms with Crippen LogP contribution in [0.4, 0.5) is 10.5 Å². The van der Waals surface area contributed by atoms with E-state index in [0.717, 1.165) is 34.9 Å². The highest BCUT2D eigenvalue weighted by Gasteiger charge is 2.46. The van der Waals surface area contributed by atoms with E-state index in [0.29, 0.717) is 28.2 Å². The molecule has 5 rings (SSSR count). The van der Waals surface area contributed by atoms with Crippen molar-refractivity contribution < 1.29 is 19.1 Å². The van der Waals surface area contributed by atoms with Crippen molar-refractivity contribution in [2.24, 2.45) is 10.7 Å². The van der Waals surface area contributed by atoms with Gasteiger partial charge in [-0.15, -0.1) is 0 Å². The van der Waals surface area contributed by atoms with Crippen LogP contribution in [0, 0.1) is 0 Å². The molecule has 1 aliphatic rings. The van der Waals surface area contributed by atoms with Crippen molar-refractivity contribution >= 4 is 34.2 Å². The fraction of sp³-hybridized carbons (Fsp3) is 0.152. The molecule has 1 heterocycles. The maximum absolute atomic E-state index is 12.2. The van der Waals surface area contributed by atoms with Gasteiger partial charge in [-0.25, -0.2) is 9.79 Å². The number of nitrogens with zero attached hydrogens (tertiary/aromatic N) is 2. The first kappa shape index (κ1) is 27.3. The highest BCUT2D eigenvalue weighted by Crippen LogP contribution is 2.46. The summed E-state index contributed by atoms with van der Waals surface area (Å²) < 4.78 is 10.8. The summed E-state index contributed by atoms with van der Waals surface area (Å²) in [5.41, 5.74) is 11.2. The molecule has 0 radical (unpaired) electrons. The first-order valence-corrected chi connectivity index (χ1v) is 13.2. The Bertz CT molecular complexity index is 1650. The van der Waals surface area contributed by atoms with E-state index < -0.39 is 11.6 Å². The topological polar surface area (TPSA) is 113 Å². The van der Waals surface area contributed by atoms with Crippen molar-refractivity contribution in [2.75, 3.05) is 13.7 Å². The molecular weight excluding hydrogens is 516 g/mol. The summed E-state index contributed by atoms with van der Waals surface area (Å²) in [4.78, 5) is 18.9. The number of amides is 1. The van der Waals surface area contributed by atoms with Crippen LogP contribution in [0.1, 0.15) is 35.1 Å². The minimum Gasteiger partial charge on any atom is -0.480 e. The lowest BCUT2D eigenvalue weighted by Crippen LogP contribution is -2.35. The molecule has 208 valence electrons. The maximum atomic E-state index is 12.2. The zero-order chi connectivity index (χ0) is 29.0. The van der Waals surface area contributed by atoms with Crippen molar-refractivity contribution in [1.82, 2.24) is 10.2 Å². The molecule has 8 heteroatoms. The van der Waals surface area contributed by atoms with Crippen LogP contribution in [0.3, 0.4) is 0 Å². The van der Waals surface area contributed by atoms with Gasteiger partial charge in [0, 0.05) is 24.2 Å². The molecular formula is C33H32N4O4. The predicted octanol–water partition coefficient (Wildman–Crippen LogP) is 6.54. The molecule has 0 atom stereocenters. The Balaban J connectivity index is 1.52. The van der Waals surface area contributed by atoms with E-state index in [2.05, 4.69) is 18.5 Å². The zero-order valence-corrected chi connectivity index (χ0v) is 22.8. The SMILES string of the molecule is C=CCOC(=O)NC1(c2ccc(C(=Nc3ccc(/C(N)=C/N(C)C=C)cc3)c3c(O)oc4ccccc34)cc2)CC1. The zero-order valence-electron chi connectivity index (χ0n) is 22.8. The number of hydrogen-bond acceptors (Lipinski definition) is 7. The number of rotatable bonds is 10. The van der Waals surface area contributed by atoms with Gasteiger partial charge in [-0.1, -0.05) is 73.8 Å². The molecule has 0 aliphatic heterocycles. The highest BCUT2D eigenvalue weighted by atomic mass is 16.5. The number of para-hydroxylation sites is 1. The molecule has 1 amide bonds. The minimum atomic E-state index is -0.474. The molecule has 0 unspecified atom stereocenters. The van der Waals surface area contributed by atoms with Crippen molar-refractivity contribution in [2.45, 2.75) is 18.4 Å². The van der Waals surface area contributed by atoms with Gasteiger partial charge >= 0.3 is 6.09 Å². The molecule has 4 aromatic rings. The van der Waals surface area contributed by atoms with E-state index in [1.54, 1.807) is 23.4 Å². The Morgan fingerprint density at radius 3 is 2.44 bits per heavy atom. The third kappa shape index (κ3) is 5.86. The summed E-state index contributed by atoms with van der Waals surface area (Å²) in [7, 11) is 1.85. The fourth-order valence-corrected chi connectivity index (χ4v) is 4.65. The standard InChI is InChI=1S/C33H32N4O4/c1-4-20-40-32(39)36-33(18-19-33)24-14-10-23(11-15-24)30(29-26-8-6-7-9-28(26)41-31(29)38)35-25-16-12-22(13-17-25)27(34)21-37(3)5-2/h4-17,21,38H,1-2,18-20,34H2,3H3,(H,36,39)/b27-21-,35-30?. The van der Waals surface area contributed by atoms with E-state index in [1.807, 2.05) is 73.8 Å². The number of benzene rings is 3. The number of ether oxygens (including phenoxy) is 1. The molecule has 1 aromatic heterocycles. The number of nitrogens with one attached hydrogen (secondary N) is 1. The highest BCUT2D eigenvalue weighted by molar-refractivity contribution is 6.21. The number of aromatic hydroxyl groups is 1. The van der Waals surface area contributed by atoms with Gasteiger partial charge in [-0.2, -0.15) is 0 Å². The van der Waals surface area contributed by atoms with Crippen LogP contribution in [0.15, 0.2) is 114 Å². The van der Waals surface area contributed by atoms with Gasteiger partial charge in [0.2, 0.25) is 0 Å². The van der Waals surface area contributed by atoms with Crippen molar-refractivity contribution in [3.8, 4) is 5.95 Å². The van der Waals surface area contributed by atoms with E-state index in [-0.39, 0.29) is 12.6 Å². The second-order valence-corrected chi connectivity index (χ2v) is 9.89. The average Bonchev–Trinajstić information content (AvgIpc) is 3.69. The molecule has 1 fully saturated rings. The number of carbonyl (C=O) groups excluding carboxylic acids is 1. The number of aliphatic imine (C=N–C) groups is 1. The summed E-state index contributed by atoms with van der Waals surface area (Å²) in [5.74, 6) is -0.212. The lowest BCUT2D eigenvalue weighted by molar-refractivity contribution is 0.152. The van der Waals surface area contributed by atoms with Gasteiger partial charge in [-0.3, -0.25) is 0 Å². The first-order chi connectivity index (χ1) is 19.8. The number of alkyl carbamates (subject to hydrolysis) is 1. The van der Waals surface area contributed by atoms with Crippen LogP contribution in [0.25, 0.3) is 16.7 Å². The summed E-state index contributed by atoms with van der Waals surface area (Å²) in [5, 5.41) is 14.6. The Hall–Kier alpha value is -5.24. The average molecular weight is 549 g/mol. The van der Waals surface area contributed by atoms with E-state index in [1.165, 1.54) is 6.08 Å². The van der Waals surface area contributed by atoms with Crippen molar-refractivity contribution in [1.29, 1.82) is 0 Å². The summed E-state index contributed by atoms with van der Waals surface area (Å²) in [6.45, 7) is 7.46. The van der Waals surface area contributed by atoms with Gasteiger partial charge in [0.25, 0.3) is 5.95 Å².